The van der Waals surface area contributed by atoms with Crippen LogP contribution in [0.3, 0.4) is 0 Å². The Morgan fingerprint density at radius 1 is 0.953 bits per heavy atom. The van der Waals surface area contributed by atoms with Crippen LogP contribution in [0.2, 0.25) is 5.02 Å². The van der Waals surface area contributed by atoms with Crippen molar-refractivity contribution in [3.63, 3.8) is 0 Å². The Labute approximate surface area is 258 Å². The molecule has 0 saturated heterocycles. The second-order valence-corrected chi connectivity index (χ2v) is 11.2. The summed E-state index contributed by atoms with van der Waals surface area (Å²) in [4.78, 5) is 17.5. The zero-order chi connectivity index (χ0) is 31.1. The van der Waals surface area contributed by atoms with Crippen LogP contribution in [0.25, 0.3) is 0 Å². The van der Waals surface area contributed by atoms with E-state index in [1.807, 2.05) is 54.8 Å². The van der Waals surface area contributed by atoms with E-state index in [4.69, 9.17) is 21.1 Å². The maximum Gasteiger partial charge on any atom is 0.241 e. The van der Waals surface area contributed by atoms with Crippen molar-refractivity contribution in [2.75, 3.05) is 14.2 Å². The Hall–Kier alpha value is -4.17. The number of methoxy groups -OCH3 is 2. The maximum atomic E-state index is 12.9. The number of ether oxygens (including phenoxy) is 2. The smallest absolute Gasteiger partial charge is 0.241 e. The summed E-state index contributed by atoms with van der Waals surface area (Å²) in [5.74, 6) is 1.84. The third kappa shape index (κ3) is 7.25. The van der Waals surface area contributed by atoms with Gasteiger partial charge in [0.1, 0.15) is 23.9 Å². The standard InChI is InChI=1S/C34H39ClN3O5/c1-21(18-24-15-16-30(42-4)34(43-5)33(24)35)14-17-32(41)37-20-31-36-19-27(22(2)25-10-6-8-12-28(25)39)38(31)23(3)26-11-7-9-13-29(26)40/h6-13,15-16,19,21-23,39-40H,14,17-18,20H2,1-5H3. The molecule has 4 aromatic rings. The lowest BCUT2D eigenvalue weighted by Crippen LogP contribution is -2.21. The van der Waals surface area contributed by atoms with Crippen LogP contribution in [0, 0.1) is 5.92 Å². The fraction of sp³-hybridized carbons (Fsp3) is 0.353. The molecule has 3 atom stereocenters. The Balaban J connectivity index is 1.47. The van der Waals surface area contributed by atoms with Gasteiger partial charge in [-0.25, -0.2) is 10.3 Å². The number of para-hydroxylation sites is 2. The van der Waals surface area contributed by atoms with Crippen molar-refractivity contribution >= 4 is 17.5 Å². The second kappa shape index (κ2) is 14.3. The van der Waals surface area contributed by atoms with Crippen LogP contribution in [0.15, 0.2) is 66.9 Å². The van der Waals surface area contributed by atoms with Crippen molar-refractivity contribution in [3.05, 3.63) is 100 Å². The number of hydrogen-bond donors (Lipinski definition) is 2. The molecule has 3 unspecified atom stereocenters. The number of phenols is 2. The first kappa shape index (κ1) is 31.8. The molecule has 0 fully saturated rings. The number of hydrogen-bond acceptors (Lipinski definition) is 6. The molecule has 0 bridgehead atoms. The molecule has 1 aromatic heterocycles. The van der Waals surface area contributed by atoms with E-state index in [2.05, 4.69) is 17.2 Å². The molecule has 1 heterocycles. The number of carbonyl (C=O) groups is 1. The van der Waals surface area contributed by atoms with Gasteiger partial charge in [-0.15, -0.1) is 0 Å². The lowest BCUT2D eigenvalue weighted by atomic mass is 9.96. The third-order valence-electron chi connectivity index (χ3n) is 7.90. The molecule has 0 aliphatic carbocycles. The molecule has 0 spiro atoms. The molecule has 0 saturated carbocycles. The molecule has 9 heteroatoms. The fourth-order valence-corrected chi connectivity index (χ4v) is 5.77. The third-order valence-corrected chi connectivity index (χ3v) is 8.32. The van der Waals surface area contributed by atoms with E-state index in [1.165, 1.54) is 0 Å². The van der Waals surface area contributed by atoms with Crippen molar-refractivity contribution < 1.29 is 24.5 Å². The zero-order valence-corrected chi connectivity index (χ0v) is 26.0. The Morgan fingerprint density at radius 2 is 1.60 bits per heavy atom. The van der Waals surface area contributed by atoms with Crippen molar-refractivity contribution in [2.24, 2.45) is 5.92 Å². The van der Waals surface area contributed by atoms with Gasteiger partial charge in [-0.05, 0) is 49.4 Å². The first-order valence-corrected chi connectivity index (χ1v) is 14.7. The number of amides is 1. The van der Waals surface area contributed by atoms with Crippen molar-refractivity contribution in [1.29, 1.82) is 0 Å². The SMILES string of the molecule is COc1ccc(CC(C)CCC(=O)[N]Cc2ncc(C(C)c3ccccc3O)n2C(C)c2ccccc2O)c(Cl)c1OC. The average molecular weight is 605 g/mol. The Kier molecular flexibility index (Phi) is 10.6. The fourth-order valence-electron chi connectivity index (χ4n) is 5.46. The molecule has 8 nitrogen and oxygen atoms in total. The number of benzene rings is 3. The monoisotopic (exact) mass is 604 g/mol. The molecule has 1 radical (unpaired) electrons. The molecule has 3 aromatic carbocycles. The summed E-state index contributed by atoms with van der Waals surface area (Å²) in [6.45, 7) is 6.15. The highest BCUT2D eigenvalue weighted by Crippen LogP contribution is 2.39. The van der Waals surface area contributed by atoms with Crippen LogP contribution >= 0.6 is 11.6 Å². The van der Waals surface area contributed by atoms with Gasteiger partial charge in [0.05, 0.1) is 25.3 Å². The number of aromatic nitrogens is 2. The number of halogens is 1. The highest BCUT2D eigenvalue weighted by atomic mass is 35.5. The number of nitrogens with zero attached hydrogens (tertiary/aromatic N) is 3. The number of rotatable bonds is 13. The van der Waals surface area contributed by atoms with E-state index in [-0.39, 0.29) is 41.8 Å². The van der Waals surface area contributed by atoms with E-state index < -0.39 is 0 Å². The van der Waals surface area contributed by atoms with Gasteiger partial charge in [-0.2, -0.15) is 0 Å². The lowest BCUT2D eigenvalue weighted by Gasteiger charge is -2.24. The van der Waals surface area contributed by atoms with Gasteiger partial charge < -0.3 is 24.3 Å². The van der Waals surface area contributed by atoms with Crippen molar-refractivity contribution in [2.45, 2.75) is 58.5 Å². The molecule has 0 aliphatic rings. The van der Waals surface area contributed by atoms with E-state index in [0.29, 0.717) is 41.6 Å². The molecule has 2 N–H and O–H groups in total. The molecular weight excluding hydrogens is 566 g/mol. The first-order valence-electron chi connectivity index (χ1n) is 14.4. The van der Waals surface area contributed by atoms with Crippen LogP contribution in [0.5, 0.6) is 23.0 Å². The van der Waals surface area contributed by atoms with Gasteiger partial charge in [-0.3, -0.25) is 4.79 Å². The van der Waals surface area contributed by atoms with Crippen LogP contribution in [0.1, 0.15) is 73.8 Å². The van der Waals surface area contributed by atoms with Crippen LogP contribution in [-0.4, -0.2) is 39.9 Å². The first-order chi connectivity index (χ1) is 20.7. The quantitative estimate of drug-likeness (QED) is 0.170. The molecule has 227 valence electrons. The predicted octanol–water partition coefficient (Wildman–Crippen LogP) is 7.02. The highest BCUT2D eigenvalue weighted by Gasteiger charge is 2.25. The summed E-state index contributed by atoms with van der Waals surface area (Å²) >= 11 is 6.55. The molecule has 43 heavy (non-hydrogen) atoms. The van der Waals surface area contributed by atoms with E-state index in [9.17, 15) is 15.0 Å². The average Bonchev–Trinajstić information content (AvgIpc) is 3.43. The summed E-state index contributed by atoms with van der Waals surface area (Å²) in [5, 5.41) is 26.0. The Bertz CT molecular complexity index is 1550. The minimum absolute atomic E-state index is 0.0974. The molecule has 1 amide bonds. The minimum Gasteiger partial charge on any atom is -0.508 e. The minimum atomic E-state index is -0.293. The van der Waals surface area contributed by atoms with Crippen molar-refractivity contribution in [1.82, 2.24) is 14.9 Å². The highest BCUT2D eigenvalue weighted by molar-refractivity contribution is 6.33. The zero-order valence-electron chi connectivity index (χ0n) is 25.3. The van der Waals surface area contributed by atoms with E-state index in [1.54, 1.807) is 44.7 Å². The van der Waals surface area contributed by atoms with E-state index >= 15 is 0 Å². The normalized spacial score (nSPS) is 13.3. The van der Waals surface area contributed by atoms with Gasteiger partial charge in [0.15, 0.2) is 11.5 Å². The molecular formula is C34H39ClN3O5. The van der Waals surface area contributed by atoms with Gasteiger partial charge in [-0.1, -0.05) is 67.9 Å². The summed E-state index contributed by atoms with van der Waals surface area (Å²) in [7, 11) is 3.13. The maximum absolute atomic E-state index is 12.9. The number of carbonyl (C=O) groups excluding carboxylic acids is 1. The van der Waals surface area contributed by atoms with Gasteiger partial charge >= 0.3 is 0 Å². The Morgan fingerprint density at radius 3 is 2.23 bits per heavy atom. The number of phenolic OH excluding ortho intramolecular Hbond substituents is 2. The lowest BCUT2D eigenvalue weighted by molar-refractivity contribution is -0.121. The van der Waals surface area contributed by atoms with Gasteiger partial charge in [0, 0.05) is 35.4 Å². The van der Waals surface area contributed by atoms with E-state index in [0.717, 1.165) is 22.4 Å². The number of aromatic hydroxyl groups is 2. The van der Waals surface area contributed by atoms with Crippen LogP contribution in [-0.2, 0) is 17.8 Å². The summed E-state index contributed by atoms with van der Waals surface area (Å²) < 4.78 is 12.7. The van der Waals surface area contributed by atoms with Crippen LogP contribution < -0.4 is 14.8 Å². The summed E-state index contributed by atoms with van der Waals surface area (Å²) in [5.41, 5.74) is 3.26. The molecule has 4 rings (SSSR count). The van der Waals surface area contributed by atoms with Crippen molar-refractivity contribution in [3.8, 4) is 23.0 Å². The molecule has 0 aliphatic heterocycles. The number of imidazole rings is 1. The van der Waals surface area contributed by atoms with Gasteiger partial charge in [0.2, 0.25) is 5.91 Å². The summed E-state index contributed by atoms with van der Waals surface area (Å²) in [6.07, 6.45) is 3.38. The summed E-state index contributed by atoms with van der Waals surface area (Å²) in [6, 6.07) is 17.8. The topological polar surface area (TPSA) is 108 Å². The largest absolute Gasteiger partial charge is 0.508 e. The van der Waals surface area contributed by atoms with Gasteiger partial charge in [0.25, 0.3) is 0 Å². The predicted molar refractivity (Wildman–Crippen MR) is 167 cm³/mol. The second-order valence-electron chi connectivity index (χ2n) is 10.8. The van der Waals surface area contributed by atoms with Crippen LogP contribution in [0.4, 0.5) is 0 Å².